The zero-order valence-electron chi connectivity index (χ0n) is 8.90. The van der Waals surface area contributed by atoms with Crippen molar-refractivity contribution in [3.05, 3.63) is 13.6 Å². The van der Waals surface area contributed by atoms with Crippen LogP contribution in [0.15, 0.2) is 18.5 Å². The van der Waals surface area contributed by atoms with E-state index in [9.17, 15) is 8.42 Å². The minimum absolute atomic E-state index is 0.0643. The summed E-state index contributed by atoms with van der Waals surface area (Å²) in [5, 5.41) is 0. The first kappa shape index (κ1) is 14.0. The molecular formula is C9H12Br2N2O2S2. The summed E-state index contributed by atoms with van der Waals surface area (Å²) in [6, 6.07) is 1.57. The van der Waals surface area contributed by atoms with Gasteiger partial charge < -0.3 is 5.73 Å². The smallest absolute Gasteiger partial charge is 0.245 e. The van der Waals surface area contributed by atoms with E-state index in [2.05, 4.69) is 31.9 Å². The SMILES string of the molecule is NCC1CCCN1S(=O)(=O)c1cc(Br)sc1Br. The summed E-state index contributed by atoms with van der Waals surface area (Å²) < 4.78 is 27.9. The van der Waals surface area contributed by atoms with Gasteiger partial charge in [0, 0.05) is 19.1 Å². The van der Waals surface area contributed by atoms with Gasteiger partial charge in [-0.3, -0.25) is 0 Å². The second-order valence-electron chi connectivity index (χ2n) is 3.84. The minimum atomic E-state index is -3.42. The molecule has 0 aliphatic carbocycles. The van der Waals surface area contributed by atoms with Crippen molar-refractivity contribution in [1.82, 2.24) is 4.31 Å². The summed E-state index contributed by atoms with van der Waals surface area (Å²) in [5.74, 6) is 0. The fourth-order valence-corrected chi connectivity index (χ4v) is 7.46. The zero-order valence-corrected chi connectivity index (χ0v) is 13.7. The Morgan fingerprint density at radius 1 is 1.53 bits per heavy atom. The van der Waals surface area contributed by atoms with Crippen LogP contribution in [0.1, 0.15) is 12.8 Å². The number of hydrogen-bond donors (Lipinski definition) is 1. The van der Waals surface area contributed by atoms with Gasteiger partial charge in [-0.05, 0) is 50.8 Å². The Labute approximate surface area is 121 Å². The highest BCUT2D eigenvalue weighted by Crippen LogP contribution is 2.37. The fourth-order valence-electron chi connectivity index (χ4n) is 1.99. The lowest BCUT2D eigenvalue weighted by Gasteiger charge is -2.22. The monoisotopic (exact) mass is 402 g/mol. The van der Waals surface area contributed by atoms with Gasteiger partial charge in [0.25, 0.3) is 0 Å². The highest BCUT2D eigenvalue weighted by atomic mass is 79.9. The molecule has 2 rings (SSSR count). The first-order valence-electron chi connectivity index (χ1n) is 5.13. The average molecular weight is 404 g/mol. The number of rotatable bonds is 3. The summed E-state index contributed by atoms with van der Waals surface area (Å²) in [4.78, 5) is 0.328. The van der Waals surface area contributed by atoms with E-state index in [0.29, 0.717) is 21.8 Å². The summed E-state index contributed by atoms with van der Waals surface area (Å²) in [7, 11) is -3.42. The molecule has 0 aromatic carbocycles. The third-order valence-corrected chi connectivity index (χ3v) is 7.51. The van der Waals surface area contributed by atoms with Crippen LogP contribution in [0.4, 0.5) is 0 Å². The minimum Gasteiger partial charge on any atom is -0.329 e. The van der Waals surface area contributed by atoms with Crippen molar-refractivity contribution in [1.29, 1.82) is 0 Å². The second-order valence-corrected chi connectivity index (χ2v) is 9.44. The molecule has 4 nitrogen and oxygen atoms in total. The standard InChI is InChI=1S/C9H12Br2N2O2S2/c10-8-4-7(9(11)16-8)17(14,15)13-3-1-2-6(13)5-12/h4,6H,1-3,5,12H2. The molecule has 17 heavy (non-hydrogen) atoms. The molecule has 1 atom stereocenters. The third kappa shape index (κ3) is 2.62. The number of sulfonamides is 1. The molecule has 2 heterocycles. The van der Waals surface area contributed by atoms with Crippen LogP contribution >= 0.6 is 43.2 Å². The van der Waals surface area contributed by atoms with Crippen LogP contribution in [0.3, 0.4) is 0 Å². The normalized spacial score (nSPS) is 22.2. The molecule has 96 valence electrons. The molecule has 8 heteroatoms. The summed E-state index contributed by atoms with van der Waals surface area (Å²) in [5.41, 5.74) is 5.62. The van der Waals surface area contributed by atoms with Crippen LogP contribution in [0.5, 0.6) is 0 Å². The summed E-state index contributed by atoms with van der Waals surface area (Å²) in [6.07, 6.45) is 1.72. The summed E-state index contributed by atoms with van der Waals surface area (Å²) in [6.45, 7) is 0.937. The van der Waals surface area contributed by atoms with Crippen molar-refractivity contribution in [2.45, 2.75) is 23.8 Å². The second kappa shape index (κ2) is 5.26. The maximum atomic E-state index is 12.5. The van der Waals surface area contributed by atoms with Crippen molar-refractivity contribution in [2.75, 3.05) is 13.1 Å². The van der Waals surface area contributed by atoms with E-state index in [-0.39, 0.29) is 6.04 Å². The highest BCUT2D eigenvalue weighted by Gasteiger charge is 2.36. The predicted molar refractivity (Wildman–Crippen MR) is 75.7 cm³/mol. The van der Waals surface area contributed by atoms with E-state index in [1.807, 2.05) is 0 Å². The Kier molecular flexibility index (Phi) is 4.32. The van der Waals surface area contributed by atoms with Gasteiger partial charge in [0.2, 0.25) is 10.0 Å². The molecule has 1 aliphatic rings. The number of nitrogens with zero attached hydrogens (tertiary/aromatic N) is 1. The predicted octanol–water partition coefficient (Wildman–Crippen LogP) is 2.38. The van der Waals surface area contributed by atoms with Gasteiger partial charge >= 0.3 is 0 Å². The van der Waals surface area contributed by atoms with Gasteiger partial charge in [0.1, 0.15) is 4.90 Å². The van der Waals surface area contributed by atoms with Gasteiger partial charge in [-0.15, -0.1) is 11.3 Å². The molecule has 1 fully saturated rings. The van der Waals surface area contributed by atoms with Crippen LogP contribution < -0.4 is 5.73 Å². The lowest BCUT2D eigenvalue weighted by atomic mass is 10.2. The fraction of sp³-hybridized carbons (Fsp3) is 0.556. The van der Waals surface area contributed by atoms with E-state index in [1.54, 1.807) is 6.07 Å². The van der Waals surface area contributed by atoms with Crippen molar-refractivity contribution in [3.8, 4) is 0 Å². The van der Waals surface area contributed by atoms with E-state index in [4.69, 9.17) is 5.73 Å². The van der Waals surface area contributed by atoms with Gasteiger partial charge in [-0.1, -0.05) is 0 Å². The maximum Gasteiger partial charge on any atom is 0.245 e. The molecule has 1 saturated heterocycles. The van der Waals surface area contributed by atoms with Crippen molar-refractivity contribution >= 4 is 53.2 Å². The quantitative estimate of drug-likeness (QED) is 0.842. The highest BCUT2D eigenvalue weighted by molar-refractivity contribution is 9.12. The van der Waals surface area contributed by atoms with Gasteiger partial charge in [-0.2, -0.15) is 4.31 Å². The number of halogens is 2. The van der Waals surface area contributed by atoms with Crippen molar-refractivity contribution < 1.29 is 8.42 Å². The first-order chi connectivity index (χ1) is 7.96. The number of thiophene rings is 1. The summed E-state index contributed by atoms with van der Waals surface area (Å²) >= 11 is 7.95. The van der Waals surface area contributed by atoms with Gasteiger partial charge in [0.05, 0.1) is 7.57 Å². The Morgan fingerprint density at radius 3 is 2.76 bits per heavy atom. The van der Waals surface area contributed by atoms with Crippen LogP contribution in [0.25, 0.3) is 0 Å². The van der Waals surface area contributed by atoms with Crippen LogP contribution in [-0.2, 0) is 10.0 Å². The van der Waals surface area contributed by atoms with Crippen LogP contribution in [-0.4, -0.2) is 31.9 Å². The topological polar surface area (TPSA) is 63.4 Å². The van der Waals surface area contributed by atoms with E-state index >= 15 is 0 Å². The molecule has 0 saturated carbocycles. The lowest BCUT2D eigenvalue weighted by molar-refractivity contribution is 0.393. The molecule has 1 aromatic rings. The Hall–Kier alpha value is 0.530. The van der Waals surface area contributed by atoms with Crippen LogP contribution in [0, 0.1) is 0 Å². The molecule has 1 unspecified atom stereocenters. The molecule has 0 radical (unpaired) electrons. The molecule has 0 spiro atoms. The Bertz CT molecular complexity index is 515. The number of hydrogen-bond acceptors (Lipinski definition) is 4. The average Bonchev–Trinajstić information content (AvgIpc) is 2.84. The third-order valence-electron chi connectivity index (χ3n) is 2.81. The van der Waals surface area contributed by atoms with Gasteiger partial charge in [0.15, 0.2) is 0 Å². The van der Waals surface area contributed by atoms with E-state index in [0.717, 1.165) is 16.6 Å². The Morgan fingerprint density at radius 2 is 2.24 bits per heavy atom. The number of nitrogens with two attached hydrogens (primary N) is 1. The molecule has 2 N–H and O–H groups in total. The largest absolute Gasteiger partial charge is 0.329 e. The molecule has 1 aromatic heterocycles. The van der Waals surface area contributed by atoms with Crippen LogP contribution in [0.2, 0.25) is 0 Å². The van der Waals surface area contributed by atoms with Crippen molar-refractivity contribution in [3.63, 3.8) is 0 Å². The molecule has 1 aliphatic heterocycles. The lowest BCUT2D eigenvalue weighted by Crippen LogP contribution is -2.39. The zero-order chi connectivity index (χ0) is 12.6. The molecular weight excluding hydrogens is 392 g/mol. The molecule has 0 bridgehead atoms. The van der Waals surface area contributed by atoms with Gasteiger partial charge in [-0.25, -0.2) is 8.42 Å². The Balaban J connectivity index is 2.39. The first-order valence-corrected chi connectivity index (χ1v) is 8.98. The van der Waals surface area contributed by atoms with E-state index in [1.165, 1.54) is 15.6 Å². The maximum absolute atomic E-state index is 12.5. The molecule has 0 amide bonds. The van der Waals surface area contributed by atoms with E-state index < -0.39 is 10.0 Å². The van der Waals surface area contributed by atoms with Crippen molar-refractivity contribution in [2.24, 2.45) is 5.73 Å².